The zero-order valence-corrected chi connectivity index (χ0v) is 12.5. The Kier molecular flexibility index (Phi) is 4.53. The van der Waals surface area contributed by atoms with Gasteiger partial charge >= 0.3 is 0 Å². The third-order valence-corrected chi connectivity index (χ3v) is 4.45. The first-order chi connectivity index (χ1) is 9.85. The monoisotopic (exact) mass is 274 g/mol. The van der Waals surface area contributed by atoms with Gasteiger partial charge in [-0.05, 0) is 37.9 Å². The molecule has 0 aromatic carbocycles. The Labute approximate surface area is 122 Å². The minimum Gasteiger partial charge on any atom is -0.385 e. The smallest absolute Gasteiger partial charge is 0.0564 e. The van der Waals surface area contributed by atoms with Crippen LogP contribution in [0.3, 0.4) is 0 Å². The highest BCUT2D eigenvalue weighted by molar-refractivity contribution is 5.43. The Balaban J connectivity index is 1.57. The third kappa shape index (κ3) is 3.30. The number of aromatic nitrogens is 1. The standard InChI is InChI=1S/C16H26N4/c1-2-6-17-14-5-7-18-15(11-14)12-19-9-10-20-8-3-4-16(20)13-19/h5,7,11,16H,2-4,6,8-10,12-13H2,1H3,(H,17,18). The van der Waals surface area contributed by atoms with E-state index in [0.29, 0.717) is 0 Å². The van der Waals surface area contributed by atoms with Gasteiger partial charge in [0.2, 0.25) is 0 Å². The van der Waals surface area contributed by atoms with Gasteiger partial charge in [-0.25, -0.2) is 0 Å². The maximum atomic E-state index is 4.53. The number of hydrogen-bond donors (Lipinski definition) is 1. The summed E-state index contributed by atoms with van der Waals surface area (Å²) in [5, 5.41) is 3.44. The molecule has 1 unspecified atom stereocenters. The second-order valence-electron chi connectivity index (χ2n) is 6.03. The molecule has 1 N–H and O–H groups in total. The van der Waals surface area contributed by atoms with E-state index in [2.05, 4.69) is 39.2 Å². The van der Waals surface area contributed by atoms with E-state index < -0.39 is 0 Å². The number of pyridine rings is 1. The molecule has 0 radical (unpaired) electrons. The second kappa shape index (κ2) is 6.55. The van der Waals surface area contributed by atoms with Crippen molar-refractivity contribution < 1.29 is 0 Å². The maximum Gasteiger partial charge on any atom is 0.0564 e. The Hall–Kier alpha value is -1.13. The lowest BCUT2D eigenvalue weighted by Gasteiger charge is -2.37. The first-order valence-corrected chi connectivity index (χ1v) is 8.00. The summed E-state index contributed by atoms with van der Waals surface area (Å²) < 4.78 is 0. The van der Waals surface area contributed by atoms with Crippen molar-refractivity contribution in [1.29, 1.82) is 0 Å². The number of nitrogens with zero attached hydrogens (tertiary/aromatic N) is 3. The molecule has 3 rings (SSSR count). The van der Waals surface area contributed by atoms with Gasteiger partial charge in [-0.2, -0.15) is 0 Å². The van der Waals surface area contributed by atoms with Gasteiger partial charge < -0.3 is 5.32 Å². The molecule has 2 saturated heterocycles. The van der Waals surface area contributed by atoms with Crippen molar-refractivity contribution >= 4 is 5.69 Å². The van der Waals surface area contributed by atoms with Gasteiger partial charge in [0.05, 0.1) is 5.69 Å². The van der Waals surface area contributed by atoms with Crippen LogP contribution in [0.25, 0.3) is 0 Å². The fourth-order valence-corrected chi connectivity index (χ4v) is 3.37. The molecule has 3 heterocycles. The van der Waals surface area contributed by atoms with Gasteiger partial charge in [-0.3, -0.25) is 14.8 Å². The first kappa shape index (κ1) is 13.8. The molecular weight excluding hydrogens is 248 g/mol. The average molecular weight is 274 g/mol. The SMILES string of the molecule is CCCNc1ccnc(CN2CCN3CCCC3C2)c1. The van der Waals surface area contributed by atoms with E-state index in [0.717, 1.165) is 25.6 Å². The summed E-state index contributed by atoms with van der Waals surface area (Å²) in [6.07, 6.45) is 5.84. The molecular formula is C16H26N4. The van der Waals surface area contributed by atoms with E-state index in [-0.39, 0.29) is 0 Å². The van der Waals surface area contributed by atoms with Crippen molar-refractivity contribution in [2.75, 3.05) is 38.0 Å². The van der Waals surface area contributed by atoms with Crippen molar-refractivity contribution in [2.45, 2.75) is 38.8 Å². The third-order valence-electron chi connectivity index (χ3n) is 4.45. The molecule has 2 aliphatic heterocycles. The van der Waals surface area contributed by atoms with Crippen LogP contribution in [0.2, 0.25) is 0 Å². The molecule has 2 fully saturated rings. The molecule has 1 aromatic heterocycles. The first-order valence-electron chi connectivity index (χ1n) is 8.00. The van der Waals surface area contributed by atoms with Gasteiger partial charge in [0.15, 0.2) is 0 Å². The van der Waals surface area contributed by atoms with Crippen molar-refractivity contribution in [3.63, 3.8) is 0 Å². The summed E-state index contributed by atoms with van der Waals surface area (Å²) in [5.41, 5.74) is 2.40. The number of fused-ring (bicyclic) bond motifs is 1. The molecule has 1 aromatic rings. The Morgan fingerprint density at radius 3 is 3.20 bits per heavy atom. The Bertz CT molecular complexity index is 434. The van der Waals surface area contributed by atoms with Gasteiger partial charge in [-0.15, -0.1) is 0 Å². The van der Waals surface area contributed by atoms with Crippen LogP contribution in [0.1, 0.15) is 31.9 Å². The minimum atomic E-state index is 0.796. The quantitative estimate of drug-likeness (QED) is 0.892. The van der Waals surface area contributed by atoms with Gasteiger partial charge in [0.25, 0.3) is 0 Å². The van der Waals surface area contributed by atoms with Crippen LogP contribution in [0, 0.1) is 0 Å². The van der Waals surface area contributed by atoms with E-state index in [9.17, 15) is 0 Å². The number of anilines is 1. The minimum absolute atomic E-state index is 0.796. The molecule has 20 heavy (non-hydrogen) atoms. The number of hydrogen-bond acceptors (Lipinski definition) is 4. The summed E-state index contributed by atoms with van der Waals surface area (Å²) in [7, 11) is 0. The predicted octanol–water partition coefficient (Wildman–Crippen LogP) is 2.18. The summed E-state index contributed by atoms with van der Waals surface area (Å²) >= 11 is 0. The lowest BCUT2D eigenvalue weighted by Crippen LogP contribution is -2.49. The summed E-state index contributed by atoms with van der Waals surface area (Å²) in [4.78, 5) is 9.76. The molecule has 4 heteroatoms. The number of nitrogens with one attached hydrogen (secondary N) is 1. The molecule has 4 nitrogen and oxygen atoms in total. The molecule has 0 spiro atoms. The van der Waals surface area contributed by atoms with Crippen LogP contribution in [0.5, 0.6) is 0 Å². The molecule has 1 atom stereocenters. The number of rotatable bonds is 5. The van der Waals surface area contributed by atoms with Gasteiger partial charge in [-0.1, -0.05) is 6.92 Å². The van der Waals surface area contributed by atoms with Crippen LogP contribution in [-0.2, 0) is 6.54 Å². The van der Waals surface area contributed by atoms with Gasteiger partial charge in [0, 0.05) is 50.6 Å². The second-order valence-corrected chi connectivity index (χ2v) is 6.03. The van der Waals surface area contributed by atoms with E-state index in [1.165, 1.54) is 50.4 Å². The Morgan fingerprint density at radius 1 is 1.35 bits per heavy atom. The van der Waals surface area contributed by atoms with E-state index in [4.69, 9.17) is 0 Å². The number of piperazine rings is 1. The van der Waals surface area contributed by atoms with Crippen molar-refractivity contribution in [3.8, 4) is 0 Å². The van der Waals surface area contributed by atoms with Crippen LogP contribution in [0.4, 0.5) is 5.69 Å². The molecule has 0 saturated carbocycles. The molecule has 0 amide bonds. The van der Waals surface area contributed by atoms with Crippen LogP contribution < -0.4 is 5.32 Å². The lowest BCUT2D eigenvalue weighted by atomic mass is 10.1. The van der Waals surface area contributed by atoms with E-state index in [1.807, 2.05) is 6.20 Å². The zero-order chi connectivity index (χ0) is 13.8. The maximum absolute atomic E-state index is 4.53. The highest BCUT2D eigenvalue weighted by Gasteiger charge is 2.30. The molecule has 2 aliphatic rings. The van der Waals surface area contributed by atoms with E-state index >= 15 is 0 Å². The highest BCUT2D eigenvalue weighted by atomic mass is 15.3. The fourth-order valence-electron chi connectivity index (χ4n) is 3.37. The van der Waals surface area contributed by atoms with Crippen molar-refractivity contribution in [2.24, 2.45) is 0 Å². The van der Waals surface area contributed by atoms with Crippen LogP contribution in [-0.4, -0.2) is 53.5 Å². The Morgan fingerprint density at radius 2 is 2.30 bits per heavy atom. The summed E-state index contributed by atoms with van der Waals surface area (Å²) in [5.74, 6) is 0. The highest BCUT2D eigenvalue weighted by Crippen LogP contribution is 2.22. The van der Waals surface area contributed by atoms with Crippen molar-refractivity contribution in [1.82, 2.24) is 14.8 Å². The zero-order valence-electron chi connectivity index (χ0n) is 12.5. The van der Waals surface area contributed by atoms with Crippen LogP contribution >= 0.6 is 0 Å². The van der Waals surface area contributed by atoms with Crippen LogP contribution in [0.15, 0.2) is 18.3 Å². The molecule has 110 valence electrons. The largest absolute Gasteiger partial charge is 0.385 e. The molecule has 0 bridgehead atoms. The average Bonchev–Trinajstić information content (AvgIpc) is 2.93. The lowest BCUT2D eigenvalue weighted by molar-refractivity contribution is 0.0985. The predicted molar refractivity (Wildman–Crippen MR) is 82.9 cm³/mol. The van der Waals surface area contributed by atoms with E-state index in [1.54, 1.807) is 0 Å². The topological polar surface area (TPSA) is 31.4 Å². The molecule has 0 aliphatic carbocycles. The summed E-state index contributed by atoms with van der Waals surface area (Å²) in [6, 6.07) is 5.07. The van der Waals surface area contributed by atoms with Gasteiger partial charge in [0.1, 0.15) is 0 Å². The summed E-state index contributed by atoms with van der Waals surface area (Å²) in [6.45, 7) is 9.16. The normalized spacial score (nSPS) is 23.8. The van der Waals surface area contributed by atoms with Crippen molar-refractivity contribution in [3.05, 3.63) is 24.0 Å². The fraction of sp³-hybridized carbons (Fsp3) is 0.688.